The number of carbonyl (C=O) groups is 4. The zero-order valence-electron chi connectivity index (χ0n) is 25.2. The van der Waals surface area contributed by atoms with Crippen LogP contribution < -0.4 is 21.3 Å². The van der Waals surface area contributed by atoms with E-state index < -0.39 is 74.7 Å². The van der Waals surface area contributed by atoms with E-state index in [2.05, 4.69) is 10.6 Å². The second-order valence-electron chi connectivity index (χ2n) is 11.9. The molecule has 0 bridgehead atoms. The number of carbonyl (C=O) groups excluding carboxylic acids is 4. The van der Waals surface area contributed by atoms with Crippen LogP contribution in [0.25, 0.3) is 0 Å². The Hall–Kier alpha value is -5.48. The predicted octanol–water partition coefficient (Wildman–Crippen LogP) is 1.74. The number of primary amides is 1. The number of non-ortho nitro benzene ring substituents is 1. The Morgan fingerprint density at radius 2 is 1.70 bits per heavy atom. The molecule has 0 spiro atoms. The number of aliphatic hydroxyl groups is 3. The third kappa shape index (κ3) is 4.78. The van der Waals surface area contributed by atoms with Crippen molar-refractivity contribution in [2.45, 2.75) is 24.5 Å². The number of fused-ring (bicyclic) bond motifs is 3. The van der Waals surface area contributed by atoms with Crippen LogP contribution in [0.3, 0.4) is 0 Å². The molecule has 3 aliphatic carbocycles. The van der Waals surface area contributed by atoms with Gasteiger partial charge in [-0.1, -0.05) is 0 Å². The first-order chi connectivity index (χ1) is 21.5. The van der Waals surface area contributed by atoms with Gasteiger partial charge in [0.15, 0.2) is 17.1 Å². The number of nitrogens with zero attached hydrogens (tertiary/aromatic N) is 3. The third-order valence-electron chi connectivity index (χ3n) is 8.77. The molecule has 2 aromatic rings. The molecule has 4 atom stereocenters. The molecule has 0 unspecified atom stereocenters. The topological polar surface area (TPSA) is 249 Å². The molecule has 46 heavy (non-hydrogen) atoms. The number of nitrogens with one attached hydrogen (secondary N) is 2. The van der Waals surface area contributed by atoms with Crippen molar-refractivity contribution in [2.24, 2.45) is 17.6 Å². The zero-order valence-corrected chi connectivity index (χ0v) is 25.2. The minimum Gasteiger partial charge on any atom is -0.510 e. The Balaban J connectivity index is 1.58. The van der Waals surface area contributed by atoms with E-state index >= 15 is 0 Å². The van der Waals surface area contributed by atoms with Crippen LogP contribution in [0.2, 0.25) is 0 Å². The van der Waals surface area contributed by atoms with Crippen molar-refractivity contribution in [3.63, 3.8) is 0 Å². The molecule has 2 aromatic carbocycles. The van der Waals surface area contributed by atoms with E-state index in [1.807, 2.05) is 0 Å². The van der Waals surface area contributed by atoms with Gasteiger partial charge in [0.1, 0.15) is 17.1 Å². The van der Waals surface area contributed by atoms with E-state index in [1.165, 1.54) is 35.2 Å². The largest absolute Gasteiger partial charge is 0.510 e. The Bertz CT molecular complexity index is 1780. The fourth-order valence-corrected chi connectivity index (χ4v) is 6.74. The highest BCUT2D eigenvalue weighted by atomic mass is 16.6. The number of aliphatic hydroxyl groups excluding tert-OH is 2. The van der Waals surface area contributed by atoms with Crippen molar-refractivity contribution in [3.8, 4) is 5.75 Å². The van der Waals surface area contributed by atoms with Gasteiger partial charge in [0.2, 0.25) is 5.78 Å². The highest BCUT2D eigenvalue weighted by Gasteiger charge is 2.63. The summed E-state index contributed by atoms with van der Waals surface area (Å²) in [6.07, 6.45) is -0.0120. The number of urea groups is 1. The summed E-state index contributed by atoms with van der Waals surface area (Å²) >= 11 is 0. The lowest BCUT2D eigenvalue weighted by Crippen LogP contribution is -2.63. The lowest BCUT2D eigenvalue weighted by molar-refractivity contribution is -0.384. The van der Waals surface area contributed by atoms with E-state index in [9.17, 15) is 49.7 Å². The molecule has 8 N–H and O–H groups in total. The number of allylic oxidation sites excluding steroid dienone is 1. The number of phenolic OH excluding ortho intramolecular Hbond substituents is 1. The van der Waals surface area contributed by atoms with Crippen LogP contribution in [0, 0.1) is 22.0 Å². The van der Waals surface area contributed by atoms with Crippen molar-refractivity contribution in [1.82, 2.24) is 4.90 Å². The zero-order chi connectivity index (χ0) is 34.0. The lowest BCUT2D eigenvalue weighted by atomic mass is 9.58. The second kappa shape index (κ2) is 11.1. The van der Waals surface area contributed by atoms with Crippen LogP contribution in [0.15, 0.2) is 53.0 Å². The molecule has 16 heteroatoms. The number of ketones is 2. The summed E-state index contributed by atoms with van der Waals surface area (Å²) in [5.41, 5.74) is 1.70. The predicted molar refractivity (Wildman–Crippen MR) is 164 cm³/mol. The van der Waals surface area contributed by atoms with Gasteiger partial charge in [0.05, 0.1) is 22.2 Å². The minimum atomic E-state index is -2.79. The standard InChI is InChI=1S/C30H32N6O10/c1-34(2)18-11-17(33-29(43)32-13-5-7-14(8-6-13)36(45)46)23(37)20-15(18)9-12-10-16-22(35(3)4)25(39)21(28(31)42)27(41)30(16,44)26(40)19(12)24(20)38/h5-8,11-12,16,22,37,39-40,44H,9-10H2,1-4H3,(H2,31,42)(H2,32,33,43)/t12-,16-,22-,30-/m1/s1. The summed E-state index contributed by atoms with van der Waals surface area (Å²) in [7, 11) is 6.44. The molecule has 0 heterocycles. The second-order valence-corrected chi connectivity index (χ2v) is 11.9. The average molecular weight is 637 g/mol. The Labute approximate surface area is 261 Å². The van der Waals surface area contributed by atoms with Crippen molar-refractivity contribution >= 4 is 46.3 Å². The van der Waals surface area contributed by atoms with Gasteiger partial charge in [-0.15, -0.1) is 0 Å². The first-order valence-corrected chi connectivity index (χ1v) is 14.0. The van der Waals surface area contributed by atoms with Gasteiger partial charge in [-0.3, -0.25) is 29.4 Å². The number of phenols is 1. The van der Waals surface area contributed by atoms with Crippen LogP contribution in [-0.2, 0) is 16.0 Å². The fraction of sp³-hybridized carbons (Fsp3) is 0.333. The summed E-state index contributed by atoms with van der Waals surface area (Å²) < 4.78 is 0. The van der Waals surface area contributed by atoms with E-state index in [1.54, 1.807) is 33.1 Å². The summed E-state index contributed by atoms with van der Waals surface area (Å²) in [4.78, 5) is 66.1. The molecule has 0 saturated heterocycles. The SMILES string of the molecule is CN(C)c1cc(NC(=O)Nc2ccc([N+](=O)[O-])cc2)c(O)c2c1C[C@@H]1C[C@@H]3[C@@H](N(C)C)C(O)=C(C(N)=O)C(=O)[C@]3(O)C(O)=C1C2=O. The Kier molecular flexibility index (Phi) is 7.74. The molecular formula is C30H32N6O10. The lowest BCUT2D eigenvalue weighted by Gasteiger charge is -2.50. The fourth-order valence-electron chi connectivity index (χ4n) is 6.74. The molecular weight excluding hydrogens is 604 g/mol. The summed E-state index contributed by atoms with van der Waals surface area (Å²) in [6.45, 7) is 0. The highest BCUT2D eigenvalue weighted by Crippen LogP contribution is 2.54. The molecule has 0 aliphatic heterocycles. The van der Waals surface area contributed by atoms with E-state index in [0.29, 0.717) is 11.3 Å². The molecule has 3 amide bonds. The van der Waals surface area contributed by atoms with Gasteiger partial charge in [-0.05, 0) is 56.6 Å². The van der Waals surface area contributed by atoms with Crippen LogP contribution in [0.5, 0.6) is 5.75 Å². The normalized spacial score (nSPS) is 23.8. The number of Topliss-reactive ketones (excluding diaryl/α,β-unsaturated/α-hetero) is 2. The maximum absolute atomic E-state index is 14.1. The Morgan fingerprint density at radius 3 is 2.24 bits per heavy atom. The number of hydrogen-bond donors (Lipinski definition) is 7. The summed E-state index contributed by atoms with van der Waals surface area (Å²) in [6, 6.07) is 4.48. The average Bonchev–Trinajstić information content (AvgIpc) is 2.96. The minimum absolute atomic E-state index is 0.0604. The third-order valence-corrected chi connectivity index (χ3v) is 8.77. The number of likely N-dealkylation sites (N-methyl/N-ethyl adjacent to an activating group) is 1. The molecule has 16 nitrogen and oxygen atoms in total. The van der Waals surface area contributed by atoms with Gasteiger partial charge >= 0.3 is 6.03 Å². The first kappa shape index (κ1) is 31.9. The monoisotopic (exact) mass is 636 g/mol. The number of nitrogens with two attached hydrogens (primary N) is 1. The van der Waals surface area contributed by atoms with E-state index in [-0.39, 0.29) is 41.0 Å². The highest BCUT2D eigenvalue weighted by molar-refractivity contribution is 6.25. The quantitative estimate of drug-likeness (QED) is 0.104. The number of amides is 3. The summed E-state index contributed by atoms with van der Waals surface area (Å²) in [5.74, 6) is -7.83. The number of hydrogen-bond acceptors (Lipinski definition) is 12. The van der Waals surface area contributed by atoms with Gasteiger partial charge in [-0.2, -0.15) is 0 Å². The number of nitro benzene ring substituents is 1. The van der Waals surface area contributed by atoms with E-state index in [4.69, 9.17) is 5.73 Å². The number of nitro groups is 1. The van der Waals surface area contributed by atoms with Gasteiger partial charge in [-0.25, -0.2) is 4.79 Å². The van der Waals surface area contributed by atoms with Crippen molar-refractivity contribution < 1.29 is 44.5 Å². The van der Waals surface area contributed by atoms with Crippen molar-refractivity contribution in [3.05, 3.63) is 74.2 Å². The molecule has 5 rings (SSSR count). The van der Waals surface area contributed by atoms with Crippen LogP contribution in [0.4, 0.5) is 27.5 Å². The maximum Gasteiger partial charge on any atom is 0.323 e. The number of benzene rings is 2. The Morgan fingerprint density at radius 1 is 1.07 bits per heavy atom. The molecule has 0 radical (unpaired) electrons. The molecule has 0 aromatic heterocycles. The van der Waals surface area contributed by atoms with Gasteiger partial charge in [0, 0.05) is 49.1 Å². The molecule has 0 fully saturated rings. The van der Waals surface area contributed by atoms with Crippen LogP contribution >= 0.6 is 0 Å². The van der Waals surface area contributed by atoms with Crippen LogP contribution in [0.1, 0.15) is 22.3 Å². The number of aromatic hydroxyl groups is 1. The maximum atomic E-state index is 14.1. The van der Waals surface area contributed by atoms with Crippen molar-refractivity contribution in [2.75, 3.05) is 43.7 Å². The molecule has 3 aliphatic rings. The van der Waals surface area contributed by atoms with Crippen molar-refractivity contribution in [1.29, 1.82) is 0 Å². The van der Waals surface area contributed by atoms with Gasteiger partial charge in [0.25, 0.3) is 11.6 Å². The number of anilines is 3. The number of rotatable bonds is 6. The smallest absolute Gasteiger partial charge is 0.323 e. The first-order valence-electron chi connectivity index (χ1n) is 14.0. The molecule has 242 valence electrons. The summed E-state index contributed by atoms with van der Waals surface area (Å²) in [5, 5.41) is 61.4. The van der Waals surface area contributed by atoms with Gasteiger partial charge < -0.3 is 41.7 Å². The molecule has 0 saturated carbocycles. The van der Waals surface area contributed by atoms with E-state index in [0.717, 1.165) is 0 Å². The van der Waals surface area contributed by atoms with Crippen LogP contribution in [-0.4, -0.2) is 93.6 Å².